The van der Waals surface area contributed by atoms with E-state index in [2.05, 4.69) is 0 Å². The van der Waals surface area contributed by atoms with E-state index >= 15 is 0 Å². The van der Waals surface area contributed by atoms with Gasteiger partial charge in [0.15, 0.2) is 0 Å². The molecule has 0 aromatic heterocycles. The number of carboxylic acids is 1. The van der Waals surface area contributed by atoms with Crippen molar-refractivity contribution in [2.75, 3.05) is 12.3 Å². The smallest absolute Gasteiger partial charge is 0.327 e. The normalized spacial score (nSPS) is 33.8. The average Bonchev–Trinajstić information content (AvgIpc) is 2.47. The molecule has 0 aromatic carbocycles. The van der Waals surface area contributed by atoms with E-state index in [-0.39, 0.29) is 17.2 Å². The first-order valence-electron chi connectivity index (χ1n) is 5.00. The highest BCUT2D eigenvalue weighted by Gasteiger charge is 2.53. The van der Waals surface area contributed by atoms with Gasteiger partial charge < -0.3 is 15.7 Å². The summed E-state index contributed by atoms with van der Waals surface area (Å²) in [6.45, 7) is 0.548. The van der Waals surface area contributed by atoms with Crippen molar-refractivity contribution in [3.63, 3.8) is 0 Å². The van der Waals surface area contributed by atoms with Gasteiger partial charge in [-0.05, 0) is 6.42 Å². The molecule has 0 aliphatic carbocycles. The standard InChI is InChI=1S/C9H14N2O3S/c10-1-2-15-6-3-5-4-7(12)11(5)8(6)9(13)14/h5-6,8H,1-4,10H2,(H,13,14). The van der Waals surface area contributed by atoms with Gasteiger partial charge in [-0.3, -0.25) is 4.79 Å². The molecule has 1 amide bonds. The van der Waals surface area contributed by atoms with Gasteiger partial charge in [0.25, 0.3) is 0 Å². The highest BCUT2D eigenvalue weighted by Crippen LogP contribution is 2.40. The van der Waals surface area contributed by atoms with E-state index < -0.39 is 12.0 Å². The number of carbonyl (C=O) groups excluding carboxylic acids is 1. The molecule has 0 spiro atoms. The summed E-state index contributed by atoms with van der Waals surface area (Å²) >= 11 is 1.57. The fourth-order valence-electron chi connectivity index (χ4n) is 2.31. The Labute approximate surface area is 92.0 Å². The summed E-state index contributed by atoms with van der Waals surface area (Å²) in [4.78, 5) is 23.9. The van der Waals surface area contributed by atoms with Crippen LogP contribution in [0.2, 0.25) is 0 Å². The van der Waals surface area contributed by atoms with Gasteiger partial charge in [-0.2, -0.15) is 11.8 Å². The third-order valence-electron chi connectivity index (χ3n) is 2.95. The lowest BCUT2D eigenvalue weighted by atomic mass is 10.0. The number of hydrogen-bond donors (Lipinski definition) is 2. The van der Waals surface area contributed by atoms with Gasteiger partial charge in [0, 0.05) is 30.0 Å². The lowest BCUT2D eigenvalue weighted by Gasteiger charge is -2.37. The number of carboxylic acid groups (broad SMARTS) is 1. The molecule has 2 aliphatic heterocycles. The molecule has 6 heteroatoms. The van der Waals surface area contributed by atoms with Gasteiger partial charge in [0.2, 0.25) is 5.91 Å². The molecule has 2 aliphatic rings. The van der Waals surface area contributed by atoms with E-state index in [1.807, 2.05) is 0 Å². The first-order valence-corrected chi connectivity index (χ1v) is 6.05. The average molecular weight is 230 g/mol. The van der Waals surface area contributed by atoms with Crippen LogP contribution in [0, 0.1) is 0 Å². The van der Waals surface area contributed by atoms with Crippen molar-refractivity contribution < 1.29 is 14.7 Å². The molecule has 0 saturated carbocycles. The molecule has 5 nitrogen and oxygen atoms in total. The maximum absolute atomic E-state index is 11.3. The van der Waals surface area contributed by atoms with Crippen molar-refractivity contribution in [2.45, 2.75) is 30.2 Å². The van der Waals surface area contributed by atoms with E-state index in [0.29, 0.717) is 13.0 Å². The van der Waals surface area contributed by atoms with Crippen LogP contribution < -0.4 is 5.73 Å². The van der Waals surface area contributed by atoms with Crippen LogP contribution in [0.3, 0.4) is 0 Å². The second kappa shape index (κ2) is 4.02. The topological polar surface area (TPSA) is 83.6 Å². The molecular formula is C9H14N2O3S. The van der Waals surface area contributed by atoms with Crippen LogP contribution in [-0.4, -0.2) is 51.5 Å². The summed E-state index contributed by atoms with van der Waals surface area (Å²) in [5.41, 5.74) is 5.39. The third kappa shape index (κ3) is 1.72. The molecule has 2 saturated heterocycles. The quantitative estimate of drug-likeness (QED) is 0.636. The molecule has 84 valence electrons. The van der Waals surface area contributed by atoms with Gasteiger partial charge in [0.1, 0.15) is 6.04 Å². The van der Waals surface area contributed by atoms with Crippen LogP contribution in [0.15, 0.2) is 0 Å². The Kier molecular flexibility index (Phi) is 2.88. The number of thioether (sulfide) groups is 1. The third-order valence-corrected chi connectivity index (χ3v) is 4.30. The molecular weight excluding hydrogens is 216 g/mol. The Morgan fingerprint density at radius 1 is 1.67 bits per heavy atom. The lowest BCUT2D eigenvalue weighted by Crippen LogP contribution is -2.55. The Morgan fingerprint density at radius 2 is 2.40 bits per heavy atom. The fraction of sp³-hybridized carbons (Fsp3) is 0.778. The highest BCUT2D eigenvalue weighted by molar-refractivity contribution is 8.00. The molecule has 0 aromatic rings. The van der Waals surface area contributed by atoms with E-state index in [1.165, 1.54) is 4.90 Å². The van der Waals surface area contributed by atoms with Crippen LogP contribution in [-0.2, 0) is 9.59 Å². The maximum atomic E-state index is 11.3. The van der Waals surface area contributed by atoms with E-state index in [9.17, 15) is 9.59 Å². The maximum Gasteiger partial charge on any atom is 0.327 e. The van der Waals surface area contributed by atoms with Crippen molar-refractivity contribution in [3.8, 4) is 0 Å². The number of carbonyl (C=O) groups is 2. The van der Waals surface area contributed by atoms with Gasteiger partial charge in [-0.1, -0.05) is 0 Å². The summed E-state index contributed by atoms with van der Waals surface area (Å²) in [5.74, 6) is -0.160. The first kappa shape index (κ1) is 10.8. The number of β-lactam (4-membered cyclic amide) rings is 1. The largest absolute Gasteiger partial charge is 0.480 e. The minimum Gasteiger partial charge on any atom is -0.480 e. The molecule has 0 bridgehead atoms. The van der Waals surface area contributed by atoms with Crippen LogP contribution >= 0.6 is 11.8 Å². The number of amides is 1. The SMILES string of the molecule is NCCSC1CC2CC(=O)N2C1C(=O)O. The predicted octanol–water partition coefficient (Wildman–Crippen LogP) is -0.495. The molecule has 3 atom stereocenters. The first-order chi connectivity index (χ1) is 7.15. The second-order valence-corrected chi connectivity index (χ2v) is 5.22. The van der Waals surface area contributed by atoms with Crippen LogP contribution in [0.25, 0.3) is 0 Å². The number of rotatable bonds is 4. The molecule has 3 unspecified atom stereocenters. The predicted molar refractivity (Wildman–Crippen MR) is 56.6 cm³/mol. The molecule has 15 heavy (non-hydrogen) atoms. The number of hydrogen-bond acceptors (Lipinski definition) is 4. The summed E-state index contributed by atoms with van der Waals surface area (Å²) in [5, 5.41) is 9.10. The Hall–Kier alpha value is -0.750. The second-order valence-electron chi connectivity index (χ2n) is 3.88. The van der Waals surface area contributed by atoms with Crippen molar-refractivity contribution >= 4 is 23.6 Å². The fourth-order valence-corrected chi connectivity index (χ4v) is 3.54. The van der Waals surface area contributed by atoms with Gasteiger partial charge >= 0.3 is 5.97 Å². The minimum absolute atomic E-state index is 0.0162. The van der Waals surface area contributed by atoms with Crippen molar-refractivity contribution in [2.24, 2.45) is 5.73 Å². The molecule has 2 fully saturated rings. The zero-order valence-corrected chi connectivity index (χ0v) is 9.07. The van der Waals surface area contributed by atoms with E-state index in [0.717, 1.165) is 12.2 Å². The number of fused-ring (bicyclic) bond motifs is 1. The Morgan fingerprint density at radius 3 is 2.93 bits per heavy atom. The van der Waals surface area contributed by atoms with Crippen molar-refractivity contribution in [3.05, 3.63) is 0 Å². The van der Waals surface area contributed by atoms with Crippen LogP contribution in [0.1, 0.15) is 12.8 Å². The number of nitrogens with two attached hydrogens (primary N) is 1. The van der Waals surface area contributed by atoms with Gasteiger partial charge in [-0.25, -0.2) is 4.79 Å². The number of aliphatic carboxylic acids is 1. The van der Waals surface area contributed by atoms with Crippen LogP contribution in [0.5, 0.6) is 0 Å². The van der Waals surface area contributed by atoms with Crippen molar-refractivity contribution in [1.82, 2.24) is 4.90 Å². The molecule has 2 rings (SSSR count). The lowest BCUT2D eigenvalue weighted by molar-refractivity contribution is -0.156. The molecule has 2 heterocycles. The highest BCUT2D eigenvalue weighted by atomic mass is 32.2. The van der Waals surface area contributed by atoms with Gasteiger partial charge in [0.05, 0.1) is 0 Å². The van der Waals surface area contributed by atoms with Gasteiger partial charge in [-0.15, -0.1) is 0 Å². The summed E-state index contributed by atoms with van der Waals surface area (Å²) in [6, 6.07) is -0.471. The van der Waals surface area contributed by atoms with Crippen molar-refractivity contribution in [1.29, 1.82) is 0 Å². The summed E-state index contributed by atoms with van der Waals surface area (Å²) < 4.78 is 0. The zero-order valence-electron chi connectivity index (χ0n) is 8.26. The minimum atomic E-state index is -0.889. The summed E-state index contributed by atoms with van der Waals surface area (Å²) in [6.07, 6.45) is 1.32. The van der Waals surface area contributed by atoms with Crippen LogP contribution in [0.4, 0.5) is 0 Å². The molecule has 3 N–H and O–H groups in total. The molecule has 0 radical (unpaired) electrons. The Bertz CT molecular complexity index is 297. The monoisotopic (exact) mass is 230 g/mol. The zero-order chi connectivity index (χ0) is 11.0. The van der Waals surface area contributed by atoms with E-state index in [4.69, 9.17) is 10.8 Å². The number of nitrogens with zero attached hydrogens (tertiary/aromatic N) is 1. The van der Waals surface area contributed by atoms with E-state index in [1.54, 1.807) is 11.8 Å². The summed E-state index contributed by atoms with van der Waals surface area (Å²) in [7, 11) is 0. The Balaban J connectivity index is 2.05.